The second kappa shape index (κ2) is 5.99. The van der Waals surface area contributed by atoms with Crippen LogP contribution in [0.1, 0.15) is 19.8 Å². The lowest BCUT2D eigenvalue weighted by Crippen LogP contribution is -2.41. The predicted octanol–water partition coefficient (Wildman–Crippen LogP) is 0.589. The molecule has 0 amide bonds. The van der Waals surface area contributed by atoms with Gasteiger partial charge in [0.15, 0.2) is 5.65 Å². The maximum atomic E-state index is 12.2. The summed E-state index contributed by atoms with van der Waals surface area (Å²) < 4.78 is 3.09. The molecular formula is C15H22N4O2. The Labute approximate surface area is 123 Å². The van der Waals surface area contributed by atoms with E-state index in [-0.39, 0.29) is 11.8 Å². The van der Waals surface area contributed by atoms with Crippen LogP contribution in [-0.4, -0.2) is 49.9 Å². The molecule has 1 N–H and O–H groups in total. The average Bonchev–Trinajstić information content (AvgIpc) is 2.82. The number of aliphatic hydroxyl groups excluding tert-OH is 1. The van der Waals surface area contributed by atoms with Gasteiger partial charge in [0.25, 0.3) is 0 Å². The minimum atomic E-state index is -0.259. The standard InChI is InChI=1S/C15H22N4O2/c1-12(20)13-5-4-7-17(11-13)9-10-19-15(21)18-8-3-2-6-14(18)16-19/h2-3,6,8,12-13,20H,4-5,7,9-11H2,1H3. The van der Waals surface area contributed by atoms with Crippen molar-refractivity contribution in [2.75, 3.05) is 19.6 Å². The molecule has 3 heterocycles. The molecule has 6 heteroatoms. The van der Waals surface area contributed by atoms with Gasteiger partial charge in [-0.2, -0.15) is 0 Å². The number of aliphatic hydroxyl groups is 1. The predicted molar refractivity (Wildman–Crippen MR) is 80.3 cm³/mol. The van der Waals surface area contributed by atoms with Gasteiger partial charge in [-0.05, 0) is 44.4 Å². The van der Waals surface area contributed by atoms with Gasteiger partial charge in [0.2, 0.25) is 0 Å². The molecule has 2 atom stereocenters. The van der Waals surface area contributed by atoms with Crippen LogP contribution >= 0.6 is 0 Å². The monoisotopic (exact) mass is 290 g/mol. The van der Waals surface area contributed by atoms with Crippen molar-refractivity contribution in [1.29, 1.82) is 0 Å². The first-order valence-electron chi connectivity index (χ1n) is 7.60. The molecule has 0 bridgehead atoms. The highest BCUT2D eigenvalue weighted by Crippen LogP contribution is 2.19. The summed E-state index contributed by atoms with van der Waals surface area (Å²) in [6, 6.07) is 5.55. The molecule has 0 spiro atoms. The van der Waals surface area contributed by atoms with Crippen molar-refractivity contribution >= 4 is 5.65 Å². The zero-order chi connectivity index (χ0) is 14.8. The van der Waals surface area contributed by atoms with Crippen LogP contribution in [0, 0.1) is 5.92 Å². The molecule has 1 saturated heterocycles. The maximum Gasteiger partial charge on any atom is 0.350 e. The number of piperidine rings is 1. The lowest BCUT2D eigenvalue weighted by molar-refractivity contribution is 0.0611. The van der Waals surface area contributed by atoms with Crippen LogP contribution in [0.5, 0.6) is 0 Å². The van der Waals surface area contributed by atoms with E-state index in [9.17, 15) is 9.90 Å². The van der Waals surface area contributed by atoms with Crippen molar-refractivity contribution in [3.63, 3.8) is 0 Å². The van der Waals surface area contributed by atoms with Gasteiger partial charge >= 0.3 is 5.69 Å². The lowest BCUT2D eigenvalue weighted by atomic mass is 9.93. The van der Waals surface area contributed by atoms with Gasteiger partial charge in [-0.1, -0.05) is 6.07 Å². The van der Waals surface area contributed by atoms with Gasteiger partial charge in [0, 0.05) is 19.3 Å². The quantitative estimate of drug-likeness (QED) is 0.895. The van der Waals surface area contributed by atoms with E-state index in [0.717, 1.165) is 32.5 Å². The molecule has 0 saturated carbocycles. The van der Waals surface area contributed by atoms with Crippen molar-refractivity contribution in [3.8, 4) is 0 Å². The van der Waals surface area contributed by atoms with Gasteiger partial charge < -0.3 is 10.0 Å². The van der Waals surface area contributed by atoms with Crippen LogP contribution in [-0.2, 0) is 6.54 Å². The number of rotatable bonds is 4. The van der Waals surface area contributed by atoms with E-state index in [1.54, 1.807) is 10.6 Å². The molecule has 1 aliphatic heterocycles. The van der Waals surface area contributed by atoms with Crippen LogP contribution in [0.3, 0.4) is 0 Å². The van der Waals surface area contributed by atoms with E-state index >= 15 is 0 Å². The van der Waals surface area contributed by atoms with Gasteiger partial charge in [-0.25, -0.2) is 9.48 Å². The fourth-order valence-electron chi connectivity index (χ4n) is 3.04. The Bertz CT molecular complexity index is 661. The topological polar surface area (TPSA) is 62.8 Å². The van der Waals surface area contributed by atoms with Gasteiger partial charge in [-0.15, -0.1) is 5.10 Å². The summed E-state index contributed by atoms with van der Waals surface area (Å²) in [5.41, 5.74) is 0.595. The molecule has 21 heavy (non-hydrogen) atoms. The Morgan fingerprint density at radius 3 is 3.05 bits per heavy atom. The fraction of sp³-hybridized carbons (Fsp3) is 0.600. The van der Waals surface area contributed by atoms with Crippen molar-refractivity contribution in [2.45, 2.75) is 32.4 Å². The molecule has 2 unspecified atom stereocenters. The van der Waals surface area contributed by atoms with Crippen LogP contribution < -0.4 is 5.69 Å². The van der Waals surface area contributed by atoms with Gasteiger partial charge in [-0.3, -0.25) is 4.40 Å². The Hall–Kier alpha value is -1.66. The van der Waals surface area contributed by atoms with E-state index in [1.807, 2.05) is 25.1 Å². The number of nitrogens with zero attached hydrogens (tertiary/aromatic N) is 4. The molecule has 6 nitrogen and oxygen atoms in total. The number of hydrogen-bond acceptors (Lipinski definition) is 4. The largest absolute Gasteiger partial charge is 0.393 e. The second-order valence-electron chi connectivity index (χ2n) is 5.88. The van der Waals surface area contributed by atoms with E-state index in [0.29, 0.717) is 18.1 Å². The molecule has 1 aliphatic rings. The summed E-state index contributed by atoms with van der Waals surface area (Å²) in [5.74, 6) is 0.344. The third-order valence-electron chi connectivity index (χ3n) is 4.34. The Kier molecular flexibility index (Phi) is 4.07. The smallest absolute Gasteiger partial charge is 0.350 e. The summed E-state index contributed by atoms with van der Waals surface area (Å²) in [6.45, 7) is 5.19. The van der Waals surface area contributed by atoms with E-state index in [1.165, 1.54) is 4.68 Å². The minimum Gasteiger partial charge on any atom is -0.393 e. The van der Waals surface area contributed by atoms with Crippen molar-refractivity contribution < 1.29 is 5.11 Å². The van der Waals surface area contributed by atoms with E-state index in [2.05, 4.69) is 10.00 Å². The highest BCUT2D eigenvalue weighted by Gasteiger charge is 2.23. The number of pyridine rings is 1. The first kappa shape index (κ1) is 14.3. The van der Waals surface area contributed by atoms with E-state index in [4.69, 9.17) is 0 Å². The van der Waals surface area contributed by atoms with Crippen molar-refractivity contribution in [2.24, 2.45) is 5.92 Å². The van der Waals surface area contributed by atoms with E-state index < -0.39 is 0 Å². The van der Waals surface area contributed by atoms with Gasteiger partial charge in [0.1, 0.15) is 0 Å². The SMILES string of the molecule is CC(O)C1CCCN(CCn2nc3ccccn3c2=O)C1. The number of hydrogen-bond donors (Lipinski definition) is 1. The molecule has 0 aromatic carbocycles. The minimum absolute atomic E-state index is 0.0883. The maximum absolute atomic E-state index is 12.2. The summed E-state index contributed by atoms with van der Waals surface area (Å²) in [4.78, 5) is 14.5. The summed E-state index contributed by atoms with van der Waals surface area (Å²) in [7, 11) is 0. The summed E-state index contributed by atoms with van der Waals surface area (Å²) in [6.07, 6.45) is 3.68. The first-order chi connectivity index (χ1) is 10.1. The first-order valence-corrected chi connectivity index (χ1v) is 7.60. The summed E-state index contributed by atoms with van der Waals surface area (Å²) >= 11 is 0. The molecular weight excluding hydrogens is 268 g/mol. The highest BCUT2D eigenvalue weighted by atomic mass is 16.3. The van der Waals surface area contributed by atoms with Crippen LogP contribution in [0.25, 0.3) is 5.65 Å². The van der Waals surface area contributed by atoms with Crippen LogP contribution in [0.2, 0.25) is 0 Å². The third kappa shape index (κ3) is 3.01. The number of likely N-dealkylation sites (tertiary alicyclic amines) is 1. The Morgan fingerprint density at radius 2 is 2.29 bits per heavy atom. The van der Waals surface area contributed by atoms with Gasteiger partial charge in [0.05, 0.1) is 12.6 Å². The molecule has 114 valence electrons. The molecule has 1 fully saturated rings. The molecule has 0 aliphatic carbocycles. The van der Waals surface area contributed by atoms with Crippen LogP contribution in [0.15, 0.2) is 29.2 Å². The molecule has 3 rings (SSSR count). The third-order valence-corrected chi connectivity index (χ3v) is 4.34. The van der Waals surface area contributed by atoms with Crippen LogP contribution in [0.4, 0.5) is 0 Å². The number of aromatic nitrogens is 3. The second-order valence-corrected chi connectivity index (χ2v) is 5.88. The van der Waals surface area contributed by atoms with Crippen molar-refractivity contribution in [3.05, 3.63) is 34.9 Å². The fourth-order valence-corrected chi connectivity index (χ4v) is 3.04. The Balaban J connectivity index is 1.66. The normalized spacial score (nSPS) is 21.7. The molecule has 2 aromatic rings. The zero-order valence-corrected chi connectivity index (χ0v) is 12.4. The lowest BCUT2D eigenvalue weighted by Gasteiger charge is -2.33. The van der Waals surface area contributed by atoms with Crippen molar-refractivity contribution in [1.82, 2.24) is 19.1 Å². The average molecular weight is 290 g/mol. The zero-order valence-electron chi connectivity index (χ0n) is 12.4. The number of fused-ring (bicyclic) bond motifs is 1. The molecule has 2 aromatic heterocycles. The Morgan fingerprint density at radius 1 is 1.43 bits per heavy atom. The molecule has 0 radical (unpaired) electrons. The summed E-state index contributed by atoms with van der Waals surface area (Å²) in [5, 5.41) is 14.1. The highest BCUT2D eigenvalue weighted by molar-refractivity contribution is 5.35.